The van der Waals surface area contributed by atoms with Gasteiger partial charge in [-0.3, -0.25) is 4.79 Å². The molecular formula is C17H28Cl2N4O. The van der Waals surface area contributed by atoms with Gasteiger partial charge in [-0.1, -0.05) is 0 Å². The van der Waals surface area contributed by atoms with E-state index in [1.807, 2.05) is 12.3 Å². The molecule has 136 valence electrons. The first-order chi connectivity index (χ1) is 10.8. The number of amides is 1. The van der Waals surface area contributed by atoms with Crippen molar-refractivity contribution >= 4 is 36.5 Å². The molecule has 1 aromatic heterocycles. The van der Waals surface area contributed by atoms with Crippen LogP contribution >= 0.6 is 24.8 Å². The van der Waals surface area contributed by atoms with E-state index < -0.39 is 0 Å². The van der Waals surface area contributed by atoms with Crippen molar-refractivity contribution in [1.82, 2.24) is 15.6 Å². The molecule has 0 saturated carbocycles. The van der Waals surface area contributed by atoms with E-state index in [1.54, 1.807) is 0 Å². The summed E-state index contributed by atoms with van der Waals surface area (Å²) in [6, 6.07) is 4.09. The maximum absolute atomic E-state index is 12.0. The lowest BCUT2D eigenvalue weighted by Gasteiger charge is -2.17. The third-order valence-corrected chi connectivity index (χ3v) is 4.67. The number of rotatable bonds is 6. The van der Waals surface area contributed by atoms with Crippen LogP contribution in [0.3, 0.4) is 0 Å². The van der Waals surface area contributed by atoms with Crippen LogP contribution in [0, 0.1) is 5.92 Å². The number of hydrogen-bond acceptors (Lipinski definition) is 4. The standard InChI is InChI=1S/C17H26N4O.2ClH/c22-17(4-3-14-5-7-18-12-14)20-13-15-6-8-19-16(11-15)21-9-1-2-10-21;;/h6,8,11,14,18H,1-5,7,9-10,12-13H2,(H,20,22);2*1H. The van der Waals surface area contributed by atoms with Crippen LogP contribution < -0.4 is 15.5 Å². The summed E-state index contributed by atoms with van der Waals surface area (Å²) in [6.07, 6.45) is 7.18. The summed E-state index contributed by atoms with van der Waals surface area (Å²) < 4.78 is 0. The predicted octanol–water partition coefficient (Wildman–Crippen LogP) is 2.53. The highest BCUT2D eigenvalue weighted by Gasteiger charge is 2.16. The fraction of sp³-hybridized carbons (Fsp3) is 0.647. The number of nitrogens with one attached hydrogen (secondary N) is 2. The van der Waals surface area contributed by atoms with Gasteiger partial charge in [0.05, 0.1) is 0 Å². The van der Waals surface area contributed by atoms with Gasteiger partial charge >= 0.3 is 0 Å². The lowest BCUT2D eigenvalue weighted by molar-refractivity contribution is -0.121. The Morgan fingerprint density at radius 2 is 2.12 bits per heavy atom. The maximum Gasteiger partial charge on any atom is 0.220 e. The van der Waals surface area contributed by atoms with E-state index in [9.17, 15) is 4.79 Å². The maximum atomic E-state index is 12.0. The molecule has 2 saturated heterocycles. The summed E-state index contributed by atoms with van der Waals surface area (Å²) in [4.78, 5) is 18.7. The van der Waals surface area contributed by atoms with Gasteiger partial charge in [0.15, 0.2) is 0 Å². The molecule has 24 heavy (non-hydrogen) atoms. The molecule has 1 aromatic rings. The second kappa shape index (κ2) is 10.7. The van der Waals surface area contributed by atoms with Crippen LogP contribution in [-0.2, 0) is 11.3 Å². The van der Waals surface area contributed by atoms with Crippen molar-refractivity contribution in [3.63, 3.8) is 0 Å². The van der Waals surface area contributed by atoms with Crippen LogP contribution in [0.2, 0.25) is 0 Å². The van der Waals surface area contributed by atoms with Crippen molar-refractivity contribution in [3.8, 4) is 0 Å². The molecule has 0 bridgehead atoms. The average Bonchev–Trinajstić information content (AvgIpc) is 3.24. The van der Waals surface area contributed by atoms with Gasteiger partial charge in [-0.2, -0.15) is 0 Å². The number of halogens is 2. The molecule has 0 aliphatic carbocycles. The summed E-state index contributed by atoms with van der Waals surface area (Å²) in [5.41, 5.74) is 1.13. The van der Waals surface area contributed by atoms with Crippen molar-refractivity contribution in [2.24, 2.45) is 5.92 Å². The van der Waals surface area contributed by atoms with Crippen LogP contribution in [0.4, 0.5) is 5.82 Å². The minimum absolute atomic E-state index is 0. The lowest BCUT2D eigenvalue weighted by Crippen LogP contribution is -2.24. The lowest BCUT2D eigenvalue weighted by atomic mass is 10.0. The zero-order valence-electron chi connectivity index (χ0n) is 14.0. The van der Waals surface area contributed by atoms with Gasteiger partial charge in [0.1, 0.15) is 5.82 Å². The monoisotopic (exact) mass is 374 g/mol. The highest BCUT2D eigenvalue weighted by Crippen LogP contribution is 2.18. The molecule has 1 atom stereocenters. The van der Waals surface area contributed by atoms with E-state index in [2.05, 4.69) is 26.6 Å². The molecule has 7 heteroatoms. The third-order valence-electron chi connectivity index (χ3n) is 4.67. The quantitative estimate of drug-likeness (QED) is 0.802. The number of carbonyl (C=O) groups is 1. The first-order valence-corrected chi connectivity index (χ1v) is 8.48. The molecule has 2 aliphatic heterocycles. The number of carbonyl (C=O) groups excluding carboxylic acids is 1. The Morgan fingerprint density at radius 1 is 1.33 bits per heavy atom. The Morgan fingerprint density at radius 3 is 2.83 bits per heavy atom. The van der Waals surface area contributed by atoms with Gasteiger partial charge in [-0.25, -0.2) is 4.98 Å². The number of hydrogen-bond donors (Lipinski definition) is 2. The Kier molecular flexibility index (Phi) is 9.41. The summed E-state index contributed by atoms with van der Waals surface area (Å²) in [6.45, 7) is 4.96. The molecule has 3 rings (SSSR count). The molecule has 2 aliphatic rings. The minimum Gasteiger partial charge on any atom is -0.357 e. The zero-order chi connectivity index (χ0) is 15.2. The summed E-state index contributed by atoms with van der Waals surface area (Å²) in [5.74, 6) is 1.88. The minimum atomic E-state index is 0. The fourth-order valence-corrected chi connectivity index (χ4v) is 3.27. The van der Waals surface area contributed by atoms with E-state index in [-0.39, 0.29) is 30.7 Å². The van der Waals surface area contributed by atoms with E-state index in [0.29, 0.717) is 18.9 Å². The van der Waals surface area contributed by atoms with Gasteiger partial charge in [0, 0.05) is 32.3 Å². The van der Waals surface area contributed by atoms with Crippen molar-refractivity contribution in [2.45, 2.75) is 38.6 Å². The Bertz CT molecular complexity index is 503. The first kappa shape index (κ1) is 21.0. The average molecular weight is 375 g/mol. The molecule has 2 fully saturated rings. The third kappa shape index (κ3) is 6.11. The van der Waals surface area contributed by atoms with E-state index in [4.69, 9.17) is 0 Å². The molecule has 3 heterocycles. The van der Waals surface area contributed by atoms with Crippen LogP contribution in [0.25, 0.3) is 0 Å². The van der Waals surface area contributed by atoms with Crippen LogP contribution in [0.5, 0.6) is 0 Å². The number of nitrogens with zero attached hydrogens (tertiary/aromatic N) is 2. The predicted molar refractivity (Wildman–Crippen MR) is 102 cm³/mol. The SMILES string of the molecule is Cl.Cl.O=C(CCC1CCNC1)NCc1ccnc(N2CCCC2)c1. The van der Waals surface area contributed by atoms with Gasteiger partial charge in [-0.05, 0) is 62.4 Å². The van der Waals surface area contributed by atoms with Gasteiger partial charge in [-0.15, -0.1) is 24.8 Å². The van der Waals surface area contributed by atoms with Gasteiger partial charge in [0.25, 0.3) is 0 Å². The number of pyridine rings is 1. The van der Waals surface area contributed by atoms with Crippen molar-refractivity contribution in [3.05, 3.63) is 23.9 Å². The molecule has 1 unspecified atom stereocenters. The molecule has 0 spiro atoms. The van der Waals surface area contributed by atoms with Crippen molar-refractivity contribution in [2.75, 3.05) is 31.1 Å². The smallest absolute Gasteiger partial charge is 0.220 e. The van der Waals surface area contributed by atoms with Crippen molar-refractivity contribution < 1.29 is 4.79 Å². The molecule has 1 amide bonds. The van der Waals surface area contributed by atoms with Gasteiger partial charge in [0.2, 0.25) is 5.91 Å². The summed E-state index contributed by atoms with van der Waals surface area (Å²) >= 11 is 0. The van der Waals surface area contributed by atoms with E-state index >= 15 is 0 Å². The zero-order valence-corrected chi connectivity index (χ0v) is 15.6. The van der Waals surface area contributed by atoms with Crippen LogP contribution in [0.1, 0.15) is 37.7 Å². The second-order valence-corrected chi connectivity index (χ2v) is 6.39. The van der Waals surface area contributed by atoms with E-state index in [1.165, 1.54) is 19.3 Å². The fourth-order valence-electron chi connectivity index (χ4n) is 3.27. The Labute approximate surface area is 156 Å². The normalized spacial score (nSPS) is 19.5. The molecule has 2 N–H and O–H groups in total. The Balaban J connectivity index is 0.00000144. The van der Waals surface area contributed by atoms with E-state index in [0.717, 1.165) is 44.0 Å². The van der Waals surface area contributed by atoms with Crippen molar-refractivity contribution in [1.29, 1.82) is 0 Å². The number of anilines is 1. The molecular weight excluding hydrogens is 347 g/mol. The number of aromatic nitrogens is 1. The topological polar surface area (TPSA) is 57.3 Å². The summed E-state index contributed by atoms with van der Waals surface area (Å²) in [5, 5.41) is 6.38. The highest BCUT2D eigenvalue weighted by atomic mass is 35.5. The molecule has 0 aromatic carbocycles. The Hall–Kier alpha value is -1.04. The highest BCUT2D eigenvalue weighted by molar-refractivity contribution is 5.85. The summed E-state index contributed by atoms with van der Waals surface area (Å²) in [7, 11) is 0. The first-order valence-electron chi connectivity index (χ1n) is 8.48. The molecule has 5 nitrogen and oxygen atoms in total. The largest absolute Gasteiger partial charge is 0.357 e. The van der Waals surface area contributed by atoms with Crippen LogP contribution in [0.15, 0.2) is 18.3 Å². The second-order valence-electron chi connectivity index (χ2n) is 6.39. The van der Waals surface area contributed by atoms with Gasteiger partial charge < -0.3 is 15.5 Å². The van der Waals surface area contributed by atoms with Crippen LogP contribution in [-0.4, -0.2) is 37.1 Å². The molecule has 0 radical (unpaired) electrons.